The van der Waals surface area contributed by atoms with Crippen LogP contribution < -0.4 is 0 Å². The Bertz CT molecular complexity index is 501. The second kappa shape index (κ2) is 3.93. The second-order valence-electron chi connectivity index (χ2n) is 8.68. The minimum atomic E-state index is -0.0360. The number of ether oxygens (including phenoxy) is 2. The zero-order valence-corrected chi connectivity index (χ0v) is 13.4. The molecule has 0 radical (unpaired) electrons. The SMILES string of the molecule is C[C@@H]1CC[C@@H]2[C@@H](C1)O[C@H]1[C@H]3C[C@@H]4C=C[C@]3(CN1C2(C)C)O4. The molecule has 116 valence electrons. The van der Waals surface area contributed by atoms with Crippen molar-refractivity contribution in [1.82, 2.24) is 4.90 Å². The number of fused-ring (bicyclic) bond motifs is 4. The van der Waals surface area contributed by atoms with E-state index in [-0.39, 0.29) is 17.4 Å². The summed E-state index contributed by atoms with van der Waals surface area (Å²) in [4.78, 5) is 2.64. The van der Waals surface area contributed by atoms with Crippen LogP contribution in [0.15, 0.2) is 12.2 Å². The van der Waals surface area contributed by atoms with Crippen LogP contribution in [0.1, 0.15) is 46.5 Å². The topological polar surface area (TPSA) is 21.7 Å². The Morgan fingerprint density at radius 3 is 2.81 bits per heavy atom. The van der Waals surface area contributed by atoms with E-state index in [0.717, 1.165) is 18.9 Å². The van der Waals surface area contributed by atoms with Crippen LogP contribution in [-0.4, -0.2) is 41.0 Å². The molecule has 1 spiro atoms. The third kappa shape index (κ3) is 1.55. The first kappa shape index (κ1) is 13.1. The molecule has 3 nitrogen and oxygen atoms in total. The molecule has 0 aromatic carbocycles. The van der Waals surface area contributed by atoms with E-state index < -0.39 is 0 Å². The molecule has 1 saturated carbocycles. The first-order valence-electron chi connectivity index (χ1n) is 8.79. The van der Waals surface area contributed by atoms with Crippen molar-refractivity contribution in [2.45, 2.75) is 76.0 Å². The van der Waals surface area contributed by atoms with Gasteiger partial charge in [0.05, 0.1) is 12.2 Å². The lowest BCUT2D eigenvalue weighted by molar-refractivity contribution is -0.229. The van der Waals surface area contributed by atoms with Crippen molar-refractivity contribution in [3.8, 4) is 0 Å². The van der Waals surface area contributed by atoms with Crippen LogP contribution in [-0.2, 0) is 9.47 Å². The summed E-state index contributed by atoms with van der Waals surface area (Å²) >= 11 is 0. The lowest BCUT2D eigenvalue weighted by atomic mass is 9.70. The maximum atomic E-state index is 6.69. The summed E-state index contributed by atoms with van der Waals surface area (Å²) in [7, 11) is 0. The summed E-state index contributed by atoms with van der Waals surface area (Å²) in [5, 5.41) is 0. The number of nitrogens with zero attached hydrogens (tertiary/aromatic N) is 1. The Morgan fingerprint density at radius 1 is 1.14 bits per heavy atom. The maximum absolute atomic E-state index is 6.69. The minimum Gasteiger partial charge on any atom is -0.362 e. The molecule has 5 aliphatic rings. The van der Waals surface area contributed by atoms with Gasteiger partial charge in [0, 0.05) is 23.9 Å². The zero-order chi connectivity index (χ0) is 14.4. The van der Waals surface area contributed by atoms with E-state index in [1.165, 1.54) is 19.3 Å². The molecule has 5 rings (SSSR count). The smallest absolute Gasteiger partial charge is 0.117 e. The van der Waals surface area contributed by atoms with Crippen molar-refractivity contribution in [2.24, 2.45) is 17.8 Å². The average Bonchev–Trinajstić information content (AvgIpc) is 3.07. The molecule has 21 heavy (non-hydrogen) atoms. The van der Waals surface area contributed by atoms with E-state index in [4.69, 9.17) is 9.47 Å². The lowest BCUT2D eigenvalue weighted by Crippen LogP contribution is -2.63. The van der Waals surface area contributed by atoms with Gasteiger partial charge in [0.1, 0.15) is 11.8 Å². The zero-order valence-electron chi connectivity index (χ0n) is 13.4. The number of hydrogen-bond donors (Lipinski definition) is 0. The van der Waals surface area contributed by atoms with Gasteiger partial charge < -0.3 is 9.47 Å². The molecule has 7 atom stereocenters. The van der Waals surface area contributed by atoms with Crippen LogP contribution in [0.2, 0.25) is 0 Å². The Kier molecular flexibility index (Phi) is 2.45. The molecule has 1 aliphatic carbocycles. The fourth-order valence-corrected chi connectivity index (χ4v) is 5.94. The molecule has 0 aromatic rings. The van der Waals surface area contributed by atoms with Crippen molar-refractivity contribution in [1.29, 1.82) is 0 Å². The van der Waals surface area contributed by atoms with Crippen LogP contribution in [0.3, 0.4) is 0 Å². The number of rotatable bonds is 0. The molecular weight excluding hydrogens is 262 g/mol. The highest BCUT2D eigenvalue weighted by atomic mass is 16.5. The molecule has 0 unspecified atom stereocenters. The molecule has 3 saturated heterocycles. The quantitative estimate of drug-likeness (QED) is 0.640. The molecule has 4 fully saturated rings. The van der Waals surface area contributed by atoms with Gasteiger partial charge in [-0.25, -0.2) is 0 Å². The first-order chi connectivity index (χ1) is 9.99. The molecular formula is C18H27NO2. The van der Waals surface area contributed by atoms with Crippen molar-refractivity contribution in [3.63, 3.8) is 0 Å². The monoisotopic (exact) mass is 289 g/mol. The van der Waals surface area contributed by atoms with Gasteiger partial charge in [-0.05, 0) is 39.0 Å². The van der Waals surface area contributed by atoms with Gasteiger partial charge in [0.15, 0.2) is 0 Å². The van der Waals surface area contributed by atoms with E-state index in [0.29, 0.717) is 24.0 Å². The molecule has 0 aromatic heterocycles. The highest BCUT2D eigenvalue weighted by molar-refractivity contribution is 5.27. The Morgan fingerprint density at radius 2 is 2.00 bits per heavy atom. The standard InChI is InChI=1S/C18H27NO2/c1-11-4-5-13-15(8-11)20-16-14-9-12-6-7-18(14,21-12)10-19(16)17(13,2)3/h6-7,11-16H,4-5,8-10H2,1-3H3/t11-,12+,13-,14-,15-,16+,18-/m1/s1. The molecule has 3 heteroatoms. The summed E-state index contributed by atoms with van der Waals surface area (Å²) in [6, 6.07) is 0. The lowest BCUT2D eigenvalue weighted by Gasteiger charge is -2.56. The molecule has 0 N–H and O–H groups in total. The van der Waals surface area contributed by atoms with Gasteiger partial charge >= 0.3 is 0 Å². The minimum absolute atomic E-state index is 0.0360. The predicted molar refractivity (Wildman–Crippen MR) is 80.8 cm³/mol. The fraction of sp³-hybridized carbons (Fsp3) is 0.889. The highest BCUT2D eigenvalue weighted by Crippen LogP contribution is 2.57. The van der Waals surface area contributed by atoms with E-state index >= 15 is 0 Å². The van der Waals surface area contributed by atoms with Crippen molar-refractivity contribution in [3.05, 3.63) is 12.2 Å². The van der Waals surface area contributed by atoms with Crippen molar-refractivity contribution >= 4 is 0 Å². The predicted octanol–water partition coefficient (Wildman–Crippen LogP) is 2.96. The van der Waals surface area contributed by atoms with Gasteiger partial charge in [-0.15, -0.1) is 0 Å². The van der Waals surface area contributed by atoms with E-state index in [2.05, 4.69) is 37.8 Å². The molecule has 4 heterocycles. The summed E-state index contributed by atoms with van der Waals surface area (Å²) < 4.78 is 13.0. The van der Waals surface area contributed by atoms with E-state index in [9.17, 15) is 0 Å². The first-order valence-corrected chi connectivity index (χ1v) is 8.79. The maximum Gasteiger partial charge on any atom is 0.117 e. The summed E-state index contributed by atoms with van der Waals surface area (Å²) in [5.41, 5.74) is 0.202. The molecule has 4 aliphatic heterocycles. The third-order valence-corrected chi connectivity index (χ3v) is 7.16. The van der Waals surface area contributed by atoms with Gasteiger partial charge in [-0.1, -0.05) is 25.5 Å². The normalized spacial score (nSPS) is 57.1. The van der Waals surface area contributed by atoms with Gasteiger partial charge in [-0.3, -0.25) is 4.90 Å². The van der Waals surface area contributed by atoms with Crippen molar-refractivity contribution in [2.75, 3.05) is 6.54 Å². The summed E-state index contributed by atoms with van der Waals surface area (Å²) in [5.74, 6) is 2.05. The van der Waals surface area contributed by atoms with Gasteiger partial charge in [0.2, 0.25) is 0 Å². The Labute approximate surface area is 127 Å². The van der Waals surface area contributed by atoms with Crippen LogP contribution in [0.5, 0.6) is 0 Å². The van der Waals surface area contributed by atoms with Crippen LogP contribution in [0, 0.1) is 17.8 Å². The van der Waals surface area contributed by atoms with Crippen molar-refractivity contribution < 1.29 is 9.47 Å². The average molecular weight is 289 g/mol. The van der Waals surface area contributed by atoms with Crippen LogP contribution >= 0.6 is 0 Å². The Balaban J connectivity index is 1.51. The van der Waals surface area contributed by atoms with E-state index in [1.54, 1.807) is 0 Å². The van der Waals surface area contributed by atoms with Crippen LogP contribution in [0.25, 0.3) is 0 Å². The summed E-state index contributed by atoms with van der Waals surface area (Å²) in [6.07, 6.45) is 10.8. The number of hydrogen-bond acceptors (Lipinski definition) is 3. The third-order valence-electron chi connectivity index (χ3n) is 7.16. The summed E-state index contributed by atoms with van der Waals surface area (Å²) in [6.45, 7) is 8.31. The van der Waals surface area contributed by atoms with Gasteiger partial charge in [-0.2, -0.15) is 0 Å². The Hall–Kier alpha value is -0.380. The largest absolute Gasteiger partial charge is 0.362 e. The second-order valence-corrected chi connectivity index (χ2v) is 8.68. The van der Waals surface area contributed by atoms with Gasteiger partial charge in [0.25, 0.3) is 0 Å². The molecule has 0 amide bonds. The molecule has 2 bridgehead atoms. The van der Waals surface area contributed by atoms with E-state index in [1.807, 2.05) is 0 Å². The highest BCUT2D eigenvalue weighted by Gasteiger charge is 2.66. The van der Waals surface area contributed by atoms with Crippen LogP contribution in [0.4, 0.5) is 0 Å². The fourth-order valence-electron chi connectivity index (χ4n) is 5.94.